The number of ether oxygens (including phenoxy) is 2. The predicted molar refractivity (Wildman–Crippen MR) is 91.4 cm³/mol. The first-order valence-corrected chi connectivity index (χ1v) is 7.46. The van der Waals surface area contributed by atoms with Crippen LogP contribution in [-0.4, -0.2) is 26.8 Å². The Balaban J connectivity index is 1.90. The van der Waals surface area contributed by atoms with E-state index in [4.69, 9.17) is 9.47 Å². The molecule has 0 unspecified atom stereocenters. The van der Waals surface area contributed by atoms with Crippen molar-refractivity contribution >= 4 is 11.7 Å². The Hall–Kier alpha value is -2.69. The molecule has 122 valence electrons. The normalized spacial score (nSPS) is 11.4. The Morgan fingerprint density at radius 3 is 2.39 bits per heavy atom. The number of amides is 2. The number of methoxy groups -OCH3 is 2. The summed E-state index contributed by atoms with van der Waals surface area (Å²) < 4.78 is 10.4. The van der Waals surface area contributed by atoms with Crippen molar-refractivity contribution in [3.8, 4) is 11.5 Å². The number of hydrogen-bond donors (Lipinski definition) is 2. The zero-order chi connectivity index (χ0) is 16.7. The first-order chi connectivity index (χ1) is 11.1. The van der Waals surface area contributed by atoms with Crippen molar-refractivity contribution in [2.75, 3.05) is 26.1 Å². The fourth-order valence-electron chi connectivity index (χ4n) is 2.23. The molecule has 0 aliphatic rings. The third-order valence-electron chi connectivity index (χ3n) is 3.58. The minimum absolute atomic E-state index is 0.243. The molecular formula is C18H22N2O3. The van der Waals surface area contributed by atoms with E-state index < -0.39 is 0 Å². The van der Waals surface area contributed by atoms with Crippen LogP contribution in [0.5, 0.6) is 11.5 Å². The molecule has 0 aliphatic heterocycles. The minimum Gasteiger partial charge on any atom is -0.493 e. The Kier molecular flexibility index (Phi) is 5.86. The Morgan fingerprint density at radius 2 is 1.74 bits per heavy atom. The highest BCUT2D eigenvalue weighted by Crippen LogP contribution is 2.29. The Bertz CT molecular complexity index is 644. The fourth-order valence-corrected chi connectivity index (χ4v) is 2.23. The zero-order valence-electron chi connectivity index (χ0n) is 13.6. The molecule has 0 saturated heterocycles. The van der Waals surface area contributed by atoms with Gasteiger partial charge in [-0.3, -0.25) is 0 Å². The summed E-state index contributed by atoms with van der Waals surface area (Å²) in [6.45, 7) is 2.63. The number of benzene rings is 2. The number of carbonyl (C=O) groups is 1. The van der Waals surface area contributed by atoms with Gasteiger partial charge in [-0.15, -0.1) is 0 Å². The molecule has 2 aromatic carbocycles. The van der Waals surface area contributed by atoms with E-state index in [1.165, 1.54) is 5.56 Å². The molecule has 23 heavy (non-hydrogen) atoms. The zero-order valence-corrected chi connectivity index (χ0v) is 13.6. The van der Waals surface area contributed by atoms with Gasteiger partial charge < -0.3 is 20.1 Å². The highest BCUT2D eigenvalue weighted by molar-refractivity contribution is 5.89. The first-order valence-electron chi connectivity index (χ1n) is 7.46. The lowest BCUT2D eigenvalue weighted by molar-refractivity contribution is 0.251. The molecule has 2 N–H and O–H groups in total. The van der Waals surface area contributed by atoms with E-state index in [0.717, 1.165) is 0 Å². The van der Waals surface area contributed by atoms with Gasteiger partial charge in [-0.2, -0.15) is 0 Å². The number of nitrogens with one attached hydrogen (secondary N) is 2. The molecular weight excluding hydrogens is 292 g/mol. The molecule has 2 rings (SSSR count). The van der Waals surface area contributed by atoms with Crippen LogP contribution in [0.25, 0.3) is 0 Å². The SMILES string of the molecule is COc1ccc(NC(=O)NC[C@H](C)c2ccccc2)cc1OC. The molecule has 0 aromatic heterocycles. The summed E-state index contributed by atoms with van der Waals surface area (Å²) in [5.41, 5.74) is 1.84. The highest BCUT2D eigenvalue weighted by atomic mass is 16.5. The molecule has 2 amide bonds. The summed E-state index contributed by atoms with van der Waals surface area (Å²) in [5, 5.41) is 5.66. The lowest BCUT2D eigenvalue weighted by Gasteiger charge is -2.14. The van der Waals surface area contributed by atoms with Crippen molar-refractivity contribution in [1.29, 1.82) is 0 Å². The van der Waals surface area contributed by atoms with E-state index >= 15 is 0 Å². The first kappa shape index (κ1) is 16.7. The monoisotopic (exact) mass is 314 g/mol. The number of carbonyl (C=O) groups excluding carboxylic acids is 1. The standard InChI is InChI=1S/C18H22N2O3/c1-13(14-7-5-4-6-8-14)12-19-18(21)20-15-9-10-16(22-2)17(11-15)23-3/h4-11,13H,12H2,1-3H3,(H2,19,20,21)/t13-/m0/s1. The molecule has 0 bridgehead atoms. The van der Waals surface area contributed by atoms with Gasteiger partial charge in [0.2, 0.25) is 0 Å². The summed E-state index contributed by atoms with van der Waals surface area (Å²) in [5.74, 6) is 1.44. The van der Waals surface area contributed by atoms with Crippen molar-refractivity contribution < 1.29 is 14.3 Å². The van der Waals surface area contributed by atoms with Gasteiger partial charge in [0.25, 0.3) is 0 Å². The van der Waals surface area contributed by atoms with Crippen LogP contribution in [0.2, 0.25) is 0 Å². The lowest BCUT2D eigenvalue weighted by Crippen LogP contribution is -2.31. The van der Waals surface area contributed by atoms with E-state index in [-0.39, 0.29) is 11.9 Å². The molecule has 0 spiro atoms. The fraction of sp³-hybridized carbons (Fsp3) is 0.278. The highest BCUT2D eigenvalue weighted by Gasteiger charge is 2.09. The minimum atomic E-state index is -0.250. The quantitative estimate of drug-likeness (QED) is 0.856. The summed E-state index contributed by atoms with van der Waals surface area (Å²) >= 11 is 0. The summed E-state index contributed by atoms with van der Waals surface area (Å²) in [6.07, 6.45) is 0. The van der Waals surface area contributed by atoms with Crippen molar-refractivity contribution in [3.63, 3.8) is 0 Å². The number of urea groups is 1. The van der Waals surface area contributed by atoms with Crippen molar-refractivity contribution in [1.82, 2.24) is 5.32 Å². The maximum Gasteiger partial charge on any atom is 0.319 e. The van der Waals surface area contributed by atoms with Crippen LogP contribution in [0.3, 0.4) is 0 Å². The maximum absolute atomic E-state index is 12.0. The number of rotatable bonds is 6. The topological polar surface area (TPSA) is 59.6 Å². The van der Waals surface area contributed by atoms with Crippen molar-refractivity contribution in [3.05, 3.63) is 54.1 Å². The predicted octanol–water partition coefficient (Wildman–Crippen LogP) is 3.63. The number of anilines is 1. The van der Waals surface area contributed by atoms with Gasteiger partial charge in [0.05, 0.1) is 14.2 Å². The number of hydrogen-bond acceptors (Lipinski definition) is 3. The second-order valence-corrected chi connectivity index (χ2v) is 5.22. The molecule has 1 atom stereocenters. The van der Waals surface area contributed by atoms with E-state index in [9.17, 15) is 4.79 Å². The van der Waals surface area contributed by atoms with Crippen LogP contribution in [0.1, 0.15) is 18.4 Å². The smallest absolute Gasteiger partial charge is 0.319 e. The van der Waals surface area contributed by atoms with Crippen LogP contribution in [0.4, 0.5) is 10.5 Å². The van der Waals surface area contributed by atoms with Gasteiger partial charge >= 0.3 is 6.03 Å². The maximum atomic E-state index is 12.0. The van der Waals surface area contributed by atoms with Gasteiger partial charge in [0, 0.05) is 18.3 Å². The molecule has 0 radical (unpaired) electrons. The van der Waals surface area contributed by atoms with Crippen LogP contribution < -0.4 is 20.1 Å². The van der Waals surface area contributed by atoms with Gasteiger partial charge in [-0.1, -0.05) is 37.3 Å². The Labute approximate surface area is 136 Å². The van der Waals surface area contributed by atoms with Crippen molar-refractivity contribution in [2.45, 2.75) is 12.8 Å². The van der Waals surface area contributed by atoms with E-state index in [1.807, 2.05) is 18.2 Å². The Morgan fingerprint density at radius 1 is 1.04 bits per heavy atom. The van der Waals surface area contributed by atoms with Gasteiger partial charge in [0.15, 0.2) is 11.5 Å². The average molecular weight is 314 g/mol. The van der Waals surface area contributed by atoms with Gasteiger partial charge in [-0.25, -0.2) is 4.79 Å². The molecule has 5 nitrogen and oxygen atoms in total. The molecule has 0 heterocycles. The molecule has 0 fully saturated rings. The third-order valence-corrected chi connectivity index (χ3v) is 3.58. The second-order valence-electron chi connectivity index (χ2n) is 5.22. The summed E-state index contributed by atoms with van der Waals surface area (Å²) in [4.78, 5) is 12.0. The third kappa shape index (κ3) is 4.64. The van der Waals surface area contributed by atoms with E-state index in [0.29, 0.717) is 23.7 Å². The summed E-state index contributed by atoms with van der Waals surface area (Å²) in [6, 6.07) is 15.1. The van der Waals surface area contributed by atoms with Crippen molar-refractivity contribution in [2.24, 2.45) is 0 Å². The molecule has 0 saturated carbocycles. The van der Waals surface area contributed by atoms with Gasteiger partial charge in [0.1, 0.15) is 0 Å². The second kappa shape index (κ2) is 8.08. The van der Waals surface area contributed by atoms with Gasteiger partial charge in [-0.05, 0) is 23.6 Å². The molecule has 0 aliphatic carbocycles. The lowest BCUT2D eigenvalue weighted by atomic mass is 10.0. The van der Waals surface area contributed by atoms with E-state index in [1.54, 1.807) is 32.4 Å². The van der Waals surface area contributed by atoms with Crippen LogP contribution in [0, 0.1) is 0 Å². The molecule has 2 aromatic rings. The van der Waals surface area contributed by atoms with Crippen LogP contribution >= 0.6 is 0 Å². The molecule has 5 heteroatoms. The summed E-state index contributed by atoms with van der Waals surface area (Å²) in [7, 11) is 3.13. The van der Waals surface area contributed by atoms with E-state index in [2.05, 4.69) is 29.7 Å². The largest absolute Gasteiger partial charge is 0.493 e. The van der Waals surface area contributed by atoms with Crippen LogP contribution in [-0.2, 0) is 0 Å². The average Bonchev–Trinajstić information content (AvgIpc) is 2.60. The van der Waals surface area contributed by atoms with Crippen LogP contribution in [0.15, 0.2) is 48.5 Å².